The smallest absolute Gasteiger partial charge is 0.239 e. The molecule has 0 atom stereocenters. The highest BCUT2D eigenvalue weighted by Gasteiger charge is 2.21. The van der Waals surface area contributed by atoms with Crippen LogP contribution in [0.5, 0.6) is 0 Å². The largest absolute Gasteiger partial charge is 0.309 e. The monoisotopic (exact) mass is 226 g/mol. The van der Waals surface area contributed by atoms with Gasteiger partial charge in [-0.3, -0.25) is 4.79 Å². The number of aromatic nitrogens is 2. The first kappa shape index (κ1) is 10.3. The summed E-state index contributed by atoms with van der Waals surface area (Å²) in [5.74, 6) is 0.314. The Labute approximate surface area is 92.3 Å². The maximum absolute atomic E-state index is 11.4. The van der Waals surface area contributed by atoms with Crippen molar-refractivity contribution in [3.63, 3.8) is 0 Å². The molecule has 1 aliphatic rings. The fraction of sp³-hybridized carbons (Fsp3) is 0.444. The van der Waals surface area contributed by atoms with Crippen LogP contribution < -0.4 is 10.6 Å². The molecular weight excluding hydrogens is 216 g/mol. The predicted molar refractivity (Wildman–Crippen MR) is 56.7 cm³/mol. The summed E-state index contributed by atoms with van der Waals surface area (Å²) in [6.45, 7) is 0.312. The molecule has 0 aromatic carbocycles. The minimum absolute atomic E-state index is 0.114. The number of amides is 1. The SMILES string of the molecule is O=C(CNC1CC1)Nc1ccnc(Cl)n1. The van der Waals surface area contributed by atoms with Gasteiger partial charge >= 0.3 is 0 Å². The summed E-state index contributed by atoms with van der Waals surface area (Å²) >= 11 is 5.58. The molecule has 0 unspecified atom stereocenters. The normalized spacial score (nSPS) is 15.0. The number of hydrogen-bond donors (Lipinski definition) is 2. The lowest BCUT2D eigenvalue weighted by Crippen LogP contribution is -2.29. The highest BCUT2D eigenvalue weighted by atomic mass is 35.5. The first-order chi connectivity index (χ1) is 7.24. The molecule has 0 spiro atoms. The summed E-state index contributed by atoms with van der Waals surface area (Å²) in [4.78, 5) is 18.9. The summed E-state index contributed by atoms with van der Waals surface area (Å²) in [6, 6.07) is 2.12. The molecule has 5 nitrogen and oxygen atoms in total. The van der Waals surface area contributed by atoms with Crippen LogP contribution in [0, 0.1) is 0 Å². The van der Waals surface area contributed by atoms with E-state index in [1.807, 2.05) is 0 Å². The van der Waals surface area contributed by atoms with Gasteiger partial charge in [-0.25, -0.2) is 9.97 Å². The van der Waals surface area contributed by atoms with Crippen molar-refractivity contribution in [3.05, 3.63) is 17.5 Å². The Morgan fingerprint density at radius 2 is 2.40 bits per heavy atom. The Balaban J connectivity index is 1.81. The van der Waals surface area contributed by atoms with E-state index >= 15 is 0 Å². The molecule has 1 amide bonds. The molecule has 15 heavy (non-hydrogen) atoms. The number of rotatable bonds is 4. The first-order valence-corrected chi connectivity index (χ1v) is 5.13. The molecule has 1 saturated carbocycles. The van der Waals surface area contributed by atoms with Gasteiger partial charge in [0.2, 0.25) is 11.2 Å². The van der Waals surface area contributed by atoms with E-state index in [-0.39, 0.29) is 11.2 Å². The van der Waals surface area contributed by atoms with E-state index in [4.69, 9.17) is 11.6 Å². The Hall–Kier alpha value is -1.20. The quantitative estimate of drug-likeness (QED) is 0.746. The van der Waals surface area contributed by atoms with Crippen molar-refractivity contribution in [2.45, 2.75) is 18.9 Å². The summed E-state index contributed by atoms with van der Waals surface area (Å²) in [6.07, 6.45) is 3.82. The molecule has 0 radical (unpaired) electrons. The van der Waals surface area contributed by atoms with Gasteiger partial charge in [0.25, 0.3) is 0 Å². The Morgan fingerprint density at radius 1 is 1.60 bits per heavy atom. The molecule has 1 heterocycles. The molecule has 1 aromatic rings. The second-order valence-electron chi connectivity index (χ2n) is 3.41. The number of carbonyl (C=O) groups excluding carboxylic acids is 1. The van der Waals surface area contributed by atoms with Crippen LogP contribution in [0.3, 0.4) is 0 Å². The van der Waals surface area contributed by atoms with Crippen molar-refractivity contribution in [3.8, 4) is 0 Å². The van der Waals surface area contributed by atoms with Crippen molar-refractivity contribution >= 4 is 23.3 Å². The van der Waals surface area contributed by atoms with Crippen LogP contribution in [0.2, 0.25) is 5.28 Å². The zero-order valence-corrected chi connectivity index (χ0v) is 8.79. The van der Waals surface area contributed by atoms with Gasteiger partial charge in [0.1, 0.15) is 5.82 Å². The summed E-state index contributed by atoms with van der Waals surface area (Å²) < 4.78 is 0. The van der Waals surface area contributed by atoms with E-state index in [2.05, 4.69) is 20.6 Å². The third-order valence-corrected chi connectivity index (χ3v) is 2.20. The van der Waals surface area contributed by atoms with E-state index in [1.165, 1.54) is 6.20 Å². The zero-order chi connectivity index (χ0) is 10.7. The van der Waals surface area contributed by atoms with E-state index in [0.29, 0.717) is 18.4 Å². The standard InChI is InChI=1S/C9H11ClN4O/c10-9-11-4-3-7(14-9)13-8(15)5-12-6-1-2-6/h3-4,6,12H,1-2,5H2,(H,11,13,14,15). The number of anilines is 1. The molecular formula is C9H11ClN4O. The average Bonchev–Trinajstić information content (AvgIpc) is 2.98. The van der Waals surface area contributed by atoms with Crippen LogP contribution in [0.15, 0.2) is 12.3 Å². The molecule has 0 saturated heterocycles. The van der Waals surface area contributed by atoms with Gasteiger partial charge in [-0.2, -0.15) is 0 Å². The highest BCUT2D eigenvalue weighted by molar-refractivity contribution is 6.28. The molecule has 0 bridgehead atoms. The lowest BCUT2D eigenvalue weighted by atomic mass is 10.5. The summed E-state index contributed by atoms with van der Waals surface area (Å²) in [7, 11) is 0. The van der Waals surface area contributed by atoms with Crippen molar-refractivity contribution in [2.24, 2.45) is 0 Å². The van der Waals surface area contributed by atoms with Crippen molar-refractivity contribution in [2.75, 3.05) is 11.9 Å². The van der Waals surface area contributed by atoms with Gasteiger partial charge < -0.3 is 10.6 Å². The van der Waals surface area contributed by atoms with Crippen molar-refractivity contribution in [1.82, 2.24) is 15.3 Å². The maximum Gasteiger partial charge on any atom is 0.239 e. The van der Waals surface area contributed by atoms with Crippen molar-refractivity contribution in [1.29, 1.82) is 0 Å². The molecule has 2 N–H and O–H groups in total. The number of nitrogens with one attached hydrogen (secondary N) is 2. The minimum atomic E-state index is -0.114. The van der Waals surface area contributed by atoms with Crippen LogP contribution in [0.25, 0.3) is 0 Å². The lowest BCUT2D eigenvalue weighted by Gasteiger charge is -2.04. The van der Waals surface area contributed by atoms with Gasteiger partial charge in [0, 0.05) is 12.2 Å². The molecule has 1 aromatic heterocycles. The highest BCUT2D eigenvalue weighted by Crippen LogP contribution is 2.18. The molecule has 1 aliphatic carbocycles. The fourth-order valence-electron chi connectivity index (χ4n) is 1.12. The van der Waals surface area contributed by atoms with Crippen LogP contribution in [0.1, 0.15) is 12.8 Å². The van der Waals surface area contributed by atoms with Crippen LogP contribution in [-0.4, -0.2) is 28.5 Å². The van der Waals surface area contributed by atoms with Gasteiger partial charge in [0.15, 0.2) is 0 Å². The second kappa shape index (κ2) is 4.55. The summed E-state index contributed by atoms with van der Waals surface area (Å²) in [5.41, 5.74) is 0. The third-order valence-electron chi connectivity index (χ3n) is 2.02. The first-order valence-electron chi connectivity index (χ1n) is 4.76. The number of halogens is 1. The third kappa shape index (κ3) is 3.45. The number of carbonyl (C=O) groups is 1. The van der Waals surface area contributed by atoms with Gasteiger partial charge in [-0.1, -0.05) is 0 Å². The molecule has 2 rings (SSSR count). The van der Waals surface area contributed by atoms with Gasteiger partial charge in [-0.05, 0) is 30.5 Å². The Kier molecular flexibility index (Phi) is 3.13. The summed E-state index contributed by atoms with van der Waals surface area (Å²) in [5, 5.41) is 5.86. The zero-order valence-electron chi connectivity index (χ0n) is 8.03. The average molecular weight is 227 g/mol. The van der Waals surface area contributed by atoms with E-state index in [0.717, 1.165) is 12.8 Å². The van der Waals surface area contributed by atoms with E-state index in [1.54, 1.807) is 6.07 Å². The topological polar surface area (TPSA) is 66.9 Å². The van der Waals surface area contributed by atoms with Crippen molar-refractivity contribution < 1.29 is 4.79 Å². The molecule has 80 valence electrons. The lowest BCUT2D eigenvalue weighted by molar-refractivity contribution is -0.115. The Bertz CT molecular complexity index is 367. The fourth-order valence-corrected chi connectivity index (χ4v) is 1.26. The molecule has 0 aliphatic heterocycles. The van der Waals surface area contributed by atoms with Crippen LogP contribution in [0.4, 0.5) is 5.82 Å². The van der Waals surface area contributed by atoms with Crippen LogP contribution >= 0.6 is 11.6 Å². The van der Waals surface area contributed by atoms with E-state index in [9.17, 15) is 4.79 Å². The minimum Gasteiger partial charge on any atom is -0.309 e. The number of hydrogen-bond acceptors (Lipinski definition) is 4. The van der Waals surface area contributed by atoms with Gasteiger partial charge in [-0.15, -0.1) is 0 Å². The number of nitrogens with zero attached hydrogens (tertiary/aromatic N) is 2. The second-order valence-corrected chi connectivity index (χ2v) is 3.75. The molecule has 1 fully saturated rings. The molecule has 6 heteroatoms. The predicted octanol–water partition coefficient (Wildman–Crippen LogP) is 0.820. The maximum atomic E-state index is 11.4. The van der Waals surface area contributed by atoms with E-state index < -0.39 is 0 Å². The van der Waals surface area contributed by atoms with Gasteiger partial charge in [0.05, 0.1) is 6.54 Å². The Morgan fingerprint density at radius 3 is 3.07 bits per heavy atom. The van der Waals surface area contributed by atoms with Crippen LogP contribution in [-0.2, 0) is 4.79 Å².